The van der Waals surface area contributed by atoms with Gasteiger partial charge in [0.2, 0.25) is 0 Å². The van der Waals surface area contributed by atoms with Crippen LogP contribution < -0.4 is 15.4 Å². The first kappa shape index (κ1) is 16.4. The molecule has 0 aliphatic rings. The van der Waals surface area contributed by atoms with E-state index < -0.39 is 0 Å². The van der Waals surface area contributed by atoms with Gasteiger partial charge in [0, 0.05) is 5.69 Å². The molecule has 0 fully saturated rings. The van der Waals surface area contributed by atoms with Crippen molar-refractivity contribution in [2.75, 3.05) is 18.5 Å². The molecule has 5 nitrogen and oxygen atoms in total. The third-order valence-electron chi connectivity index (χ3n) is 3.24. The SMILES string of the molecule is Cc1ccc(C)c(OCCNC(=O)Nc2cccc(C#N)c2)c1. The van der Waals surface area contributed by atoms with Gasteiger partial charge in [0.15, 0.2) is 0 Å². The maximum Gasteiger partial charge on any atom is 0.319 e. The highest BCUT2D eigenvalue weighted by Gasteiger charge is 2.03. The zero-order valence-electron chi connectivity index (χ0n) is 13.2. The fourth-order valence-corrected chi connectivity index (χ4v) is 2.03. The van der Waals surface area contributed by atoms with Gasteiger partial charge < -0.3 is 15.4 Å². The van der Waals surface area contributed by atoms with Crippen LogP contribution in [0.4, 0.5) is 10.5 Å². The average molecular weight is 309 g/mol. The molecule has 0 aliphatic carbocycles. The first-order valence-corrected chi connectivity index (χ1v) is 7.33. The van der Waals surface area contributed by atoms with Crippen molar-refractivity contribution < 1.29 is 9.53 Å². The first-order valence-electron chi connectivity index (χ1n) is 7.33. The Labute approximate surface area is 135 Å². The smallest absolute Gasteiger partial charge is 0.319 e. The van der Waals surface area contributed by atoms with Crippen LogP contribution in [0.3, 0.4) is 0 Å². The summed E-state index contributed by atoms with van der Waals surface area (Å²) >= 11 is 0. The minimum Gasteiger partial charge on any atom is -0.491 e. The monoisotopic (exact) mass is 309 g/mol. The predicted molar refractivity (Wildman–Crippen MR) is 89.6 cm³/mol. The number of benzene rings is 2. The van der Waals surface area contributed by atoms with Gasteiger partial charge in [0.25, 0.3) is 0 Å². The van der Waals surface area contributed by atoms with Gasteiger partial charge in [-0.1, -0.05) is 18.2 Å². The summed E-state index contributed by atoms with van der Waals surface area (Å²) in [5.41, 5.74) is 3.28. The van der Waals surface area contributed by atoms with Crippen LogP contribution in [0.25, 0.3) is 0 Å². The van der Waals surface area contributed by atoms with Crippen molar-refractivity contribution in [1.82, 2.24) is 5.32 Å². The maximum absolute atomic E-state index is 11.8. The number of nitrogens with one attached hydrogen (secondary N) is 2. The van der Waals surface area contributed by atoms with E-state index in [0.717, 1.165) is 16.9 Å². The van der Waals surface area contributed by atoms with E-state index in [-0.39, 0.29) is 6.03 Å². The molecule has 5 heteroatoms. The lowest BCUT2D eigenvalue weighted by molar-refractivity contribution is 0.247. The molecule has 0 saturated carbocycles. The van der Waals surface area contributed by atoms with Gasteiger partial charge in [-0.2, -0.15) is 5.26 Å². The molecular weight excluding hydrogens is 290 g/mol. The molecule has 2 aromatic rings. The molecule has 0 spiro atoms. The highest BCUT2D eigenvalue weighted by atomic mass is 16.5. The Morgan fingerprint density at radius 2 is 2.04 bits per heavy atom. The second-order valence-electron chi connectivity index (χ2n) is 5.19. The fourth-order valence-electron chi connectivity index (χ4n) is 2.03. The van der Waals surface area contributed by atoms with Crippen molar-refractivity contribution in [2.24, 2.45) is 0 Å². The van der Waals surface area contributed by atoms with E-state index in [1.54, 1.807) is 24.3 Å². The van der Waals surface area contributed by atoms with Gasteiger partial charge in [0.1, 0.15) is 12.4 Å². The number of aryl methyl sites for hydroxylation is 2. The van der Waals surface area contributed by atoms with Gasteiger partial charge in [0.05, 0.1) is 18.2 Å². The van der Waals surface area contributed by atoms with E-state index in [2.05, 4.69) is 10.6 Å². The molecule has 0 bridgehead atoms. The summed E-state index contributed by atoms with van der Waals surface area (Å²) in [7, 11) is 0. The van der Waals surface area contributed by atoms with Crippen LogP contribution in [-0.4, -0.2) is 19.2 Å². The highest BCUT2D eigenvalue weighted by molar-refractivity contribution is 5.89. The van der Waals surface area contributed by atoms with E-state index in [1.807, 2.05) is 38.1 Å². The standard InChI is InChI=1S/C18H19N3O2/c1-13-6-7-14(2)17(10-13)23-9-8-20-18(22)21-16-5-3-4-15(11-16)12-19/h3-7,10-11H,8-9H2,1-2H3,(H2,20,21,22). The van der Waals surface area contributed by atoms with Gasteiger partial charge in [-0.15, -0.1) is 0 Å². The Hall–Kier alpha value is -3.00. The molecule has 0 aliphatic heterocycles. The van der Waals surface area contributed by atoms with Crippen molar-refractivity contribution >= 4 is 11.7 Å². The zero-order valence-corrected chi connectivity index (χ0v) is 13.2. The number of hydrogen-bond donors (Lipinski definition) is 2. The number of ether oxygens (including phenoxy) is 1. The molecular formula is C18H19N3O2. The van der Waals surface area contributed by atoms with Crippen molar-refractivity contribution in [2.45, 2.75) is 13.8 Å². The Kier molecular flexibility index (Phi) is 5.59. The molecule has 0 aromatic heterocycles. The number of rotatable bonds is 5. The number of urea groups is 1. The predicted octanol–water partition coefficient (Wildman–Crippen LogP) is 3.38. The molecule has 23 heavy (non-hydrogen) atoms. The average Bonchev–Trinajstić information content (AvgIpc) is 2.54. The molecule has 0 radical (unpaired) electrons. The number of nitrogens with zero attached hydrogens (tertiary/aromatic N) is 1. The zero-order chi connectivity index (χ0) is 16.7. The molecule has 2 amide bonds. The molecule has 2 aromatic carbocycles. The van der Waals surface area contributed by atoms with Crippen molar-refractivity contribution in [1.29, 1.82) is 5.26 Å². The van der Waals surface area contributed by atoms with Crippen LogP contribution in [0.5, 0.6) is 5.75 Å². The van der Waals surface area contributed by atoms with Gasteiger partial charge in [-0.3, -0.25) is 0 Å². The van der Waals surface area contributed by atoms with Crippen LogP contribution in [0, 0.1) is 25.2 Å². The minimum atomic E-state index is -0.329. The van der Waals surface area contributed by atoms with E-state index in [0.29, 0.717) is 24.4 Å². The lowest BCUT2D eigenvalue weighted by Crippen LogP contribution is -2.32. The third-order valence-corrected chi connectivity index (χ3v) is 3.24. The Balaban J connectivity index is 1.76. The molecule has 0 saturated heterocycles. The first-order chi connectivity index (χ1) is 11.1. The van der Waals surface area contributed by atoms with Crippen LogP contribution in [-0.2, 0) is 0 Å². The summed E-state index contributed by atoms with van der Waals surface area (Å²) in [6.07, 6.45) is 0. The van der Waals surface area contributed by atoms with Crippen molar-refractivity contribution in [3.63, 3.8) is 0 Å². The Morgan fingerprint density at radius 1 is 1.22 bits per heavy atom. The van der Waals surface area contributed by atoms with E-state index in [9.17, 15) is 4.79 Å². The normalized spacial score (nSPS) is 9.78. The number of hydrogen-bond acceptors (Lipinski definition) is 3. The maximum atomic E-state index is 11.8. The Morgan fingerprint density at radius 3 is 2.83 bits per heavy atom. The lowest BCUT2D eigenvalue weighted by atomic mass is 10.1. The third kappa shape index (κ3) is 5.04. The Bertz CT molecular complexity index is 735. The quantitative estimate of drug-likeness (QED) is 0.832. The van der Waals surface area contributed by atoms with E-state index in [1.165, 1.54) is 0 Å². The van der Waals surface area contributed by atoms with Gasteiger partial charge in [-0.05, 0) is 49.2 Å². The van der Waals surface area contributed by atoms with Gasteiger partial charge in [-0.25, -0.2) is 4.79 Å². The number of nitriles is 1. The highest BCUT2D eigenvalue weighted by Crippen LogP contribution is 2.18. The fraction of sp³-hybridized carbons (Fsp3) is 0.222. The summed E-state index contributed by atoms with van der Waals surface area (Å²) in [4.78, 5) is 11.8. The lowest BCUT2D eigenvalue weighted by Gasteiger charge is -2.11. The van der Waals surface area contributed by atoms with Crippen LogP contribution >= 0.6 is 0 Å². The van der Waals surface area contributed by atoms with E-state index >= 15 is 0 Å². The number of amides is 2. The molecule has 2 N–H and O–H groups in total. The molecule has 118 valence electrons. The largest absolute Gasteiger partial charge is 0.491 e. The molecule has 0 unspecified atom stereocenters. The van der Waals surface area contributed by atoms with Gasteiger partial charge >= 0.3 is 6.03 Å². The topological polar surface area (TPSA) is 74.2 Å². The summed E-state index contributed by atoms with van der Waals surface area (Å²) in [5, 5.41) is 14.2. The van der Waals surface area contributed by atoms with Crippen LogP contribution in [0.2, 0.25) is 0 Å². The summed E-state index contributed by atoms with van der Waals surface area (Å²) in [6.45, 7) is 4.76. The number of anilines is 1. The molecule has 0 atom stereocenters. The second kappa shape index (κ2) is 7.85. The van der Waals surface area contributed by atoms with Crippen molar-refractivity contribution in [3.05, 3.63) is 59.2 Å². The molecule has 0 heterocycles. The summed E-state index contributed by atoms with van der Waals surface area (Å²) < 4.78 is 5.67. The van der Waals surface area contributed by atoms with Crippen molar-refractivity contribution in [3.8, 4) is 11.8 Å². The van der Waals surface area contributed by atoms with Crippen LogP contribution in [0.15, 0.2) is 42.5 Å². The summed E-state index contributed by atoms with van der Waals surface area (Å²) in [5.74, 6) is 0.828. The second-order valence-corrected chi connectivity index (χ2v) is 5.19. The number of carbonyl (C=O) groups excluding carboxylic acids is 1. The molecule has 2 rings (SSSR count). The minimum absolute atomic E-state index is 0.329. The van der Waals surface area contributed by atoms with Crippen LogP contribution in [0.1, 0.15) is 16.7 Å². The van der Waals surface area contributed by atoms with E-state index in [4.69, 9.17) is 10.00 Å². The number of carbonyl (C=O) groups is 1. The summed E-state index contributed by atoms with van der Waals surface area (Å²) in [6, 6.07) is 14.5.